The summed E-state index contributed by atoms with van der Waals surface area (Å²) < 4.78 is 18.2. The van der Waals surface area contributed by atoms with Gasteiger partial charge in [0.2, 0.25) is 0 Å². The second-order valence-corrected chi connectivity index (χ2v) is 6.00. The summed E-state index contributed by atoms with van der Waals surface area (Å²) >= 11 is 0. The highest BCUT2D eigenvalue weighted by molar-refractivity contribution is 5.33. The fourth-order valence-corrected chi connectivity index (χ4v) is 2.42. The van der Waals surface area contributed by atoms with E-state index in [1.165, 1.54) is 63.5 Å². The van der Waals surface area contributed by atoms with Gasteiger partial charge in [-0.25, -0.2) is 4.39 Å². The van der Waals surface area contributed by atoms with E-state index < -0.39 is 0 Å². The Balaban J connectivity index is 1.86. The summed E-state index contributed by atoms with van der Waals surface area (Å²) in [6.07, 6.45) is 12.3. The molecule has 0 unspecified atom stereocenters. The standard InChI is InChI=1S/C21H31FO/c1-2-18-23-19-12-10-8-6-4-3-5-7-9-11-13-20-14-16-21(22)17-15-20/h14-17H,2-10,12,18-19H2,1H3. The molecule has 23 heavy (non-hydrogen) atoms. The SMILES string of the molecule is CCCOCCCCCCCCCCC#Cc1ccc(F)cc1. The zero-order valence-electron chi connectivity index (χ0n) is 14.6. The van der Waals surface area contributed by atoms with Crippen molar-refractivity contribution in [2.24, 2.45) is 0 Å². The van der Waals surface area contributed by atoms with E-state index in [4.69, 9.17) is 4.74 Å². The van der Waals surface area contributed by atoms with Crippen molar-refractivity contribution in [1.82, 2.24) is 0 Å². The van der Waals surface area contributed by atoms with E-state index in [0.29, 0.717) is 0 Å². The minimum Gasteiger partial charge on any atom is -0.381 e. The maximum atomic E-state index is 12.7. The summed E-state index contributed by atoms with van der Waals surface area (Å²) in [5.74, 6) is 6.05. The minimum absolute atomic E-state index is 0.205. The summed E-state index contributed by atoms with van der Waals surface area (Å²) in [7, 11) is 0. The molecule has 1 aromatic rings. The smallest absolute Gasteiger partial charge is 0.123 e. The van der Waals surface area contributed by atoms with Gasteiger partial charge in [0.15, 0.2) is 0 Å². The maximum Gasteiger partial charge on any atom is 0.123 e. The molecule has 2 heteroatoms. The molecular weight excluding hydrogens is 287 g/mol. The average Bonchev–Trinajstić information content (AvgIpc) is 2.57. The van der Waals surface area contributed by atoms with Crippen LogP contribution in [-0.4, -0.2) is 13.2 Å². The van der Waals surface area contributed by atoms with Gasteiger partial charge in [-0.2, -0.15) is 0 Å². The van der Waals surface area contributed by atoms with Crippen LogP contribution >= 0.6 is 0 Å². The predicted octanol–water partition coefficient (Wildman–Crippen LogP) is 6.11. The molecule has 0 aliphatic heterocycles. The van der Waals surface area contributed by atoms with Crippen molar-refractivity contribution >= 4 is 0 Å². The number of halogens is 1. The van der Waals surface area contributed by atoms with Crippen molar-refractivity contribution in [2.45, 2.75) is 71.1 Å². The van der Waals surface area contributed by atoms with Gasteiger partial charge in [-0.1, -0.05) is 57.3 Å². The zero-order valence-corrected chi connectivity index (χ0v) is 14.6. The molecule has 0 N–H and O–H groups in total. The first-order chi connectivity index (χ1) is 11.3. The maximum absolute atomic E-state index is 12.7. The first-order valence-electron chi connectivity index (χ1n) is 9.15. The number of hydrogen-bond acceptors (Lipinski definition) is 1. The topological polar surface area (TPSA) is 9.23 Å². The van der Waals surface area contributed by atoms with E-state index in [0.717, 1.165) is 31.6 Å². The molecule has 0 aliphatic rings. The Labute approximate surface area is 141 Å². The van der Waals surface area contributed by atoms with Gasteiger partial charge < -0.3 is 4.74 Å². The second-order valence-electron chi connectivity index (χ2n) is 6.00. The summed E-state index contributed by atoms with van der Waals surface area (Å²) in [4.78, 5) is 0. The monoisotopic (exact) mass is 318 g/mol. The predicted molar refractivity (Wildman–Crippen MR) is 95.9 cm³/mol. The molecule has 0 fully saturated rings. The van der Waals surface area contributed by atoms with Gasteiger partial charge in [0, 0.05) is 25.2 Å². The van der Waals surface area contributed by atoms with Crippen LogP contribution < -0.4 is 0 Å². The highest BCUT2D eigenvalue weighted by Crippen LogP contribution is 2.09. The molecule has 0 aromatic heterocycles. The quantitative estimate of drug-likeness (QED) is 0.333. The molecule has 0 saturated heterocycles. The van der Waals surface area contributed by atoms with Crippen LogP contribution in [0, 0.1) is 17.7 Å². The second kappa shape index (κ2) is 14.3. The molecule has 128 valence electrons. The number of hydrogen-bond donors (Lipinski definition) is 0. The number of rotatable bonds is 12. The molecule has 1 nitrogen and oxygen atoms in total. The van der Waals surface area contributed by atoms with Gasteiger partial charge in [0.1, 0.15) is 5.82 Å². The fourth-order valence-electron chi connectivity index (χ4n) is 2.42. The number of benzene rings is 1. The third kappa shape index (κ3) is 11.8. The zero-order chi connectivity index (χ0) is 16.6. The van der Waals surface area contributed by atoms with Gasteiger partial charge in [0.05, 0.1) is 0 Å². The van der Waals surface area contributed by atoms with E-state index in [1.54, 1.807) is 12.1 Å². The van der Waals surface area contributed by atoms with Crippen LogP contribution in [0.4, 0.5) is 4.39 Å². The summed E-state index contributed by atoms with van der Waals surface area (Å²) in [5, 5.41) is 0. The molecule has 0 bridgehead atoms. The lowest BCUT2D eigenvalue weighted by Crippen LogP contribution is -1.95. The Bertz CT molecular complexity index is 441. The van der Waals surface area contributed by atoms with E-state index in [-0.39, 0.29) is 5.82 Å². The molecule has 0 spiro atoms. The van der Waals surface area contributed by atoms with E-state index in [1.807, 2.05) is 0 Å². The lowest BCUT2D eigenvalue weighted by Gasteiger charge is -2.03. The summed E-state index contributed by atoms with van der Waals surface area (Å²) in [6.45, 7) is 3.99. The van der Waals surface area contributed by atoms with Crippen LogP contribution in [-0.2, 0) is 4.74 Å². The van der Waals surface area contributed by atoms with Crippen LogP contribution in [0.5, 0.6) is 0 Å². The van der Waals surface area contributed by atoms with Crippen molar-refractivity contribution in [3.8, 4) is 11.8 Å². The molecule has 0 aliphatic carbocycles. The van der Waals surface area contributed by atoms with Gasteiger partial charge in [0.25, 0.3) is 0 Å². The Morgan fingerprint density at radius 3 is 2.09 bits per heavy atom. The van der Waals surface area contributed by atoms with Crippen molar-refractivity contribution in [1.29, 1.82) is 0 Å². The molecular formula is C21H31FO. The van der Waals surface area contributed by atoms with Crippen molar-refractivity contribution in [2.75, 3.05) is 13.2 Å². The van der Waals surface area contributed by atoms with Crippen LogP contribution in [0.25, 0.3) is 0 Å². The van der Waals surface area contributed by atoms with Gasteiger partial charge in [-0.15, -0.1) is 0 Å². The largest absolute Gasteiger partial charge is 0.381 e. The Kier molecular flexibility index (Phi) is 12.2. The van der Waals surface area contributed by atoms with E-state index >= 15 is 0 Å². The normalized spacial score (nSPS) is 10.3. The molecule has 0 heterocycles. The van der Waals surface area contributed by atoms with Crippen molar-refractivity contribution in [3.05, 3.63) is 35.6 Å². The highest BCUT2D eigenvalue weighted by atomic mass is 19.1. The average molecular weight is 318 g/mol. The molecule has 0 atom stereocenters. The first-order valence-corrected chi connectivity index (χ1v) is 9.15. The molecule has 1 aromatic carbocycles. The minimum atomic E-state index is -0.205. The Morgan fingerprint density at radius 1 is 0.826 bits per heavy atom. The highest BCUT2D eigenvalue weighted by Gasteiger charge is 1.93. The van der Waals surface area contributed by atoms with Crippen LogP contribution in [0.15, 0.2) is 24.3 Å². The molecule has 0 saturated carbocycles. The molecule has 1 rings (SSSR count). The number of ether oxygens (including phenoxy) is 1. The lowest BCUT2D eigenvalue weighted by molar-refractivity contribution is 0.130. The van der Waals surface area contributed by atoms with Crippen LogP contribution in [0.2, 0.25) is 0 Å². The van der Waals surface area contributed by atoms with Crippen molar-refractivity contribution in [3.63, 3.8) is 0 Å². The fraction of sp³-hybridized carbons (Fsp3) is 0.619. The number of unbranched alkanes of at least 4 members (excludes halogenated alkanes) is 8. The molecule has 0 amide bonds. The van der Waals surface area contributed by atoms with Gasteiger partial charge in [-0.3, -0.25) is 0 Å². The molecule has 0 radical (unpaired) electrons. The lowest BCUT2D eigenvalue weighted by atomic mass is 10.1. The van der Waals surface area contributed by atoms with Crippen molar-refractivity contribution < 1.29 is 9.13 Å². The van der Waals surface area contributed by atoms with E-state index in [2.05, 4.69) is 18.8 Å². The summed E-state index contributed by atoms with van der Waals surface area (Å²) in [6, 6.07) is 6.38. The summed E-state index contributed by atoms with van der Waals surface area (Å²) in [5.41, 5.74) is 0.898. The van der Waals surface area contributed by atoms with Crippen LogP contribution in [0.3, 0.4) is 0 Å². The third-order valence-corrected chi connectivity index (χ3v) is 3.77. The van der Waals surface area contributed by atoms with Crippen LogP contribution in [0.1, 0.15) is 76.7 Å². The van der Waals surface area contributed by atoms with Gasteiger partial charge >= 0.3 is 0 Å². The Morgan fingerprint density at radius 2 is 1.43 bits per heavy atom. The Hall–Kier alpha value is -1.33. The van der Waals surface area contributed by atoms with E-state index in [9.17, 15) is 4.39 Å². The third-order valence-electron chi connectivity index (χ3n) is 3.77. The van der Waals surface area contributed by atoms with Gasteiger partial charge in [-0.05, 0) is 43.5 Å². The first kappa shape index (κ1) is 19.7.